The Balaban J connectivity index is 1.71. The second-order valence-electron chi connectivity index (χ2n) is 6.41. The summed E-state index contributed by atoms with van der Waals surface area (Å²) in [5.41, 5.74) is 0.446. The van der Waals surface area contributed by atoms with Gasteiger partial charge in [-0.15, -0.1) is 0 Å². The zero-order valence-corrected chi connectivity index (χ0v) is 14.9. The van der Waals surface area contributed by atoms with E-state index in [-0.39, 0.29) is 24.5 Å². The molecule has 6 nitrogen and oxygen atoms in total. The number of nitrogens with zero attached hydrogens (tertiary/aromatic N) is 1. The molecule has 1 unspecified atom stereocenters. The molecular formula is C19H25NO5. The monoisotopic (exact) mass is 347 g/mol. The number of benzene rings is 1. The van der Waals surface area contributed by atoms with Crippen molar-refractivity contribution in [3.05, 3.63) is 48.0 Å². The summed E-state index contributed by atoms with van der Waals surface area (Å²) in [6.07, 6.45) is 3.70. The van der Waals surface area contributed by atoms with Crippen molar-refractivity contribution in [2.45, 2.75) is 38.4 Å². The molecule has 0 N–H and O–H groups in total. The second-order valence-corrected chi connectivity index (χ2v) is 6.41. The predicted molar refractivity (Wildman–Crippen MR) is 92.4 cm³/mol. The van der Waals surface area contributed by atoms with Gasteiger partial charge < -0.3 is 4.74 Å². The molecule has 0 spiro atoms. The van der Waals surface area contributed by atoms with Crippen molar-refractivity contribution < 1.29 is 24.1 Å². The smallest absolute Gasteiger partial charge is 0.253 e. The number of carbonyl (C=O) groups excluding carboxylic acids is 2. The van der Waals surface area contributed by atoms with E-state index < -0.39 is 5.60 Å². The first-order valence-corrected chi connectivity index (χ1v) is 8.36. The number of methoxy groups -OCH3 is 1. The minimum absolute atomic E-state index is 0.174. The zero-order valence-electron chi connectivity index (χ0n) is 14.9. The van der Waals surface area contributed by atoms with Gasteiger partial charge in [0.05, 0.1) is 6.10 Å². The van der Waals surface area contributed by atoms with Gasteiger partial charge in [-0.05, 0) is 32.3 Å². The lowest BCUT2D eigenvalue weighted by Crippen LogP contribution is -2.32. The van der Waals surface area contributed by atoms with Crippen LogP contribution in [0.25, 0.3) is 0 Å². The van der Waals surface area contributed by atoms with Gasteiger partial charge in [0, 0.05) is 25.8 Å². The Bertz CT molecular complexity index is 594. The fourth-order valence-corrected chi connectivity index (χ4v) is 2.54. The van der Waals surface area contributed by atoms with Crippen molar-refractivity contribution in [2.24, 2.45) is 0 Å². The molecule has 0 aliphatic carbocycles. The average molecular weight is 347 g/mol. The molecule has 1 aromatic rings. The van der Waals surface area contributed by atoms with Crippen LogP contribution in [0, 0.1) is 0 Å². The van der Waals surface area contributed by atoms with Gasteiger partial charge in [-0.2, -0.15) is 0 Å². The first-order chi connectivity index (χ1) is 11.9. The molecule has 0 fully saturated rings. The highest BCUT2D eigenvalue weighted by atomic mass is 17.2. The predicted octanol–water partition coefficient (Wildman–Crippen LogP) is 2.59. The van der Waals surface area contributed by atoms with E-state index in [2.05, 4.69) is 0 Å². The lowest BCUT2D eigenvalue weighted by molar-refractivity contribution is -0.366. The number of hydrogen-bond acceptors (Lipinski definition) is 5. The zero-order chi connectivity index (χ0) is 18.3. The van der Waals surface area contributed by atoms with Gasteiger partial charge in [-0.25, -0.2) is 9.78 Å². The van der Waals surface area contributed by atoms with Crippen molar-refractivity contribution in [1.82, 2.24) is 4.90 Å². The molecule has 1 aromatic carbocycles. The summed E-state index contributed by atoms with van der Waals surface area (Å²) >= 11 is 0. The maximum absolute atomic E-state index is 11.5. The van der Waals surface area contributed by atoms with Crippen LogP contribution in [0.2, 0.25) is 0 Å². The molecule has 2 amide bonds. The summed E-state index contributed by atoms with van der Waals surface area (Å²) in [4.78, 5) is 35.1. The van der Waals surface area contributed by atoms with E-state index in [9.17, 15) is 9.59 Å². The highest BCUT2D eigenvalue weighted by molar-refractivity contribution is 6.12. The van der Waals surface area contributed by atoms with E-state index in [4.69, 9.17) is 14.5 Å². The van der Waals surface area contributed by atoms with E-state index in [1.165, 1.54) is 17.1 Å². The maximum atomic E-state index is 11.5. The van der Waals surface area contributed by atoms with Gasteiger partial charge in [0.15, 0.2) is 0 Å². The molecule has 136 valence electrons. The standard InChI is InChI=1S/C19H25NO5/c1-19(2,15-8-5-4-6-9-15)25-24-14-16(23-3)10-7-13-20-17(21)11-12-18(20)22/h4-6,8-9,11-12,16H,7,10,13-14H2,1-3H3. The number of carbonyl (C=O) groups is 2. The molecule has 1 atom stereocenters. The van der Waals surface area contributed by atoms with Crippen molar-refractivity contribution in [2.75, 3.05) is 20.3 Å². The Kier molecular flexibility index (Phi) is 6.87. The third-order valence-corrected chi connectivity index (χ3v) is 4.13. The first-order valence-electron chi connectivity index (χ1n) is 8.36. The molecule has 6 heteroatoms. The van der Waals surface area contributed by atoms with Crippen LogP contribution in [0.1, 0.15) is 32.3 Å². The third kappa shape index (κ3) is 5.49. The van der Waals surface area contributed by atoms with Gasteiger partial charge in [0.1, 0.15) is 12.2 Å². The Morgan fingerprint density at radius 1 is 1.08 bits per heavy atom. The second kappa shape index (κ2) is 8.89. The van der Waals surface area contributed by atoms with Crippen molar-refractivity contribution in [1.29, 1.82) is 0 Å². The van der Waals surface area contributed by atoms with Crippen LogP contribution in [0.3, 0.4) is 0 Å². The van der Waals surface area contributed by atoms with Crippen molar-refractivity contribution in [3.8, 4) is 0 Å². The van der Waals surface area contributed by atoms with Crippen molar-refractivity contribution >= 4 is 11.8 Å². The van der Waals surface area contributed by atoms with Gasteiger partial charge in [0.2, 0.25) is 0 Å². The molecule has 0 saturated carbocycles. The van der Waals surface area contributed by atoms with Gasteiger partial charge in [-0.1, -0.05) is 30.3 Å². The minimum atomic E-state index is -0.570. The Morgan fingerprint density at radius 2 is 1.72 bits per heavy atom. The van der Waals surface area contributed by atoms with Crippen LogP contribution in [-0.4, -0.2) is 43.1 Å². The SMILES string of the molecule is COC(CCCN1C(=O)C=CC1=O)COOC(C)(C)c1ccccc1. The average Bonchev–Trinajstić information content (AvgIpc) is 2.93. The van der Waals surface area contributed by atoms with Crippen LogP contribution in [-0.2, 0) is 29.7 Å². The summed E-state index contributed by atoms with van der Waals surface area (Å²) in [6, 6.07) is 9.82. The normalized spacial score (nSPS) is 15.9. The summed E-state index contributed by atoms with van der Waals surface area (Å²) in [7, 11) is 1.60. The van der Waals surface area contributed by atoms with E-state index in [0.717, 1.165) is 5.56 Å². The van der Waals surface area contributed by atoms with Gasteiger partial charge in [-0.3, -0.25) is 14.5 Å². The quantitative estimate of drug-likeness (QED) is 0.370. The summed E-state index contributed by atoms with van der Waals surface area (Å²) in [5, 5.41) is 0. The van der Waals surface area contributed by atoms with E-state index >= 15 is 0 Å². The summed E-state index contributed by atoms with van der Waals surface area (Å²) in [5.74, 6) is -0.522. The van der Waals surface area contributed by atoms with E-state index in [1.807, 2.05) is 44.2 Å². The molecule has 0 aromatic heterocycles. The molecule has 1 heterocycles. The number of amides is 2. The lowest BCUT2D eigenvalue weighted by Gasteiger charge is -2.25. The van der Waals surface area contributed by atoms with Crippen LogP contribution in [0.4, 0.5) is 0 Å². The molecule has 0 saturated heterocycles. The highest BCUT2D eigenvalue weighted by Gasteiger charge is 2.24. The number of hydrogen-bond donors (Lipinski definition) is 0. The molecule has 1 aliphatic heterocycles. The fourth-order valence-electron chi connectivity index (χ4n) is 2.54. The lowest BCUT2D eigenvalue weighted by atomic mass is 9.99. The summed E-state index contributed by atoms with van der Waals surface area (Å²) < 4.78 is 5.38. The van der Waals surface area contributed by atoms with E-state index in [0.29, 0.717) is 19.4 Å². The van der Waals surface area contributed by atoms with Crippen LogP contribution in [0.5, 0.6) is 0 Å². The Morgan fingerprint density at radius 3 is 2.32 bits per heavy atom. The molecule has 0 bridgehead atoms. The van der Waals surface area contributed by atoms with Gasteiger partial charge >= 0.3 is 0 Å². The topological polar surface area (TPSA) is 65.1 Å². The minimum Gasteiger partial charge on any atom is -0.379 e. The Hall–Kier alpha value is -2.02. The number of imide groups is 1. The molecular weight excluding hydrogens is 322 g/mol. The largest absolute Gasteiger partial charge is 0.379 e. The number of rotatable bonds is 10. The molecule has 25 heavy (non-hydrogen) atoms. The number of ether oxygens (including phenoxy) is 1. The molecule has 1 aliphatic rings. The van der Waals surface area contributed by atoms with Crippen LogP contribution in [0.15, 0.2) is 42.5 Å². The maximum Gasteiger partial charge on any atom is 0.253 e. The fraction of sp³-hybridized carbons (Fsp3) is 0.474. The molecule has 0 radical (unpaired) electrons. The summed E-state index contributed by atoms with van der Waals surface area (Å²) in [6.45, 7) is 4.51. The Labute approximate surface area is 148 Å². The van der Waals surface area contributed by atoms with Crippen LogP contribution < -0.4 is 0 Å². The van der Waals surface area contributed by atoms with Crippen molar-refractivity contribution in [3.63, 3.8) is 0 Å². The van der Waals surface area contributed by atoms with Gasteiger partial charge in [0.25, 0.3) is 11.8 Å². The van der Waals surface area contributed by atoms with E-state index in [1.54, 1.807) is 7.11 Å². The first kappa shape index (κ1) is 19.3. The third-order valence-electron chi connectivity index (χ3n) is 4.13. The highest BCUT2D eigenvalue weighted by Crippen LogP contribution is 2.24. The molecule has 2 rings (SSSR count). The van der Waals surface area contributed by atoms with Crippen LogP contribution >= 0.6 is 0 Å².